The van der Waals surface area contributed by atoms with E-state index in [1.165, 1.54) is 0 Å². The SMILES string of the molecule is Cc1ccccc1CC(=O)Nc1ccc([N+](=O)[O-])c(C(F)(F)F)c1. The third kappa shape index (κ3) is 4.09. The molecule has 0 radical (unpaired) electrons. The Kier molecular flexibility index (Phi) is 4.87. The van der Waals surface area contributed by atoms with E-state index in [4.69, 9.17) is 0 Å². The van der Waals surface area contributed by atoms with Crippen LogP contribution in [0.1, 0.15) is 16.7 Å². The fourth-order valence-electron chi connectivity index (χ4n) is 2.19. The van der Waals surface area contributed by atoms with Gasteiger partial charge in [0.05, 0.1) is 11.3 Å². The first kappa shape index (κ1) is 17.5. The second kappa shape index (κ2) is 6.69. The molecule has 0 spiro atoms. The minimum atomic E-state index is -4.89. The molecule has 0 atom stereocenters. The van der Waals surface area contributed by atoms with Crippen molar-refractivity contribution in [2.45, 2.75) is 19.5 Å². The number of hydrogen-bond acceptors (Lipinski definition) is 3. The van der Waals surface area contributed by atoms with Crippen molar-refractivity contribution in [3.63, 3.8) is 0 Å². The zero-order valence-corrected chi connectivity index (χ0v) is 12.6. The Bertz CT molecular complexity index is 788. The number of alkyl halides is 3. The number of carbonyl (C=O) groups is 1. The molecule has 24 heavy (non-hydrogen) atoms. The first-order valence-electron chi connectivity index (χ1n) is 6.88. The van der Waals surface area contributed by atoms with Crippen LogP contribution in [-0.4, -0.2) is 10.8 Å². The second-order valence-electron chi connectivity index (χ2n) is 5.14. The average Bonchev–Trinajstić information content (AvgIpc) is 2.48. The van der Waals surface area contributed by atoms with Gasteiger partial charge in [-0.2, -0.15) is 13.2 Å². The molecule has 2 aromatic carbocycles. The lowest BCUT2D eigenvalue weighted by Gasteiger charge is -2.11. The summed E-state index contributed by atoms with van der Waals surface area (Å²) in [6, 6.07) is 9.48. The molecule has 0 bridgehead atoms. The molecule has 126 valence electrons. The van der Waals surface area contributed by atoms with Crippen molar-refractivity contribution in [1.29, 1.82) is 0 Å². The maximum absolute atomic E-state index is 12.9. The molecule has 2 aromatic rings. The van der Waals surface area contributed by atoms with Crippen molar-refractivity contribution in [1.82, 2.24) is 0 Å². The van der Waals surface area contributed by atoms with Gasteiger partial charge in [-0.05, 0) is 30.2 Å². The Labute approximate surface area is 135 Å². The van der Waals surface area contributed by atoms with Gasteiger partial charge in [-0.1, -0.05) is 24.3 Å². The molecular formula is C16H13F3N2O3. The van der Waals surface area contributed by atoms with Crippen LogP contribution in [-0.2, 0) is 17.4 Å². The lowest BCUT2D eigenvalue weighted by atomic mass is 10.1. The minimum Gasteiger partial charge on any atom is -0.326 e. The van der Waals surface area contributed by atoms with Gasteiger partial charge in [0, 0.05) is 11.8 Å². The Morgan fingerprint density at radius 1 is 1.21 bits per heavy atom. The Hall–Kier alpha value is -2.90. The topological polar surface area (TPSA) is 72.2 Å². The molecule has 2 rings (SSSR count). The van der Waals surface area contributed by atoms with Crippen LogP contribution in [0.5, 0.6) is 0 Å². The summed E-state index contributed by atoms with van der Waals surface area (Å²) in [5.41, 5.74) is -0.979. The molecule has 1 N–H and O–H groups in total. The van der Waals surface area contributed by atoms with Crippen LogP contribution in [0.25, 0.3) is 0 Å². The van der Waals surface area contributed by atoms with Gasteiger partial charge in [0.25, 0.3) is 5.69 Å². The smallest absolute Gasteiger partial charge is 0.326 e. The molecule has 0 aliphatic heterocycles. The highest BCUT2D eigenvalue weighted by atomic mass is 19.4. The maximum atomic E-state index is 12.9. The van der Waals surface area contributed by atoms with E-state index in [9.17, 15) is 28.1 Å². The summed E-state index contributed by atoms with van der Waals surface area (Å²) in [6.45, 7) is 1.82. The second-order valence-corrected chi connectivity index (χ2v) is 5.14. The molecule has 0 aromatic heterocycles. The molecule has 0 aliphatic rings. The van der Waals surface area contributed by atoms with Crippen molar-refractivity contribution in [2.75, 3.05) is 5.32 Å². The first-order chi connectivity index (χ1) is 11.2. The van der Waals surface area contributed by atoms with Crippen molar-refractivity contribution in [3.8, 4) is 0 Å². The maximum Gasteiger partial charge on any atom is 0.423 e. The standard InChI is InChI=1S/C16H13F3N2O3/c1-10-4-2-3-5-11(10)8-15(22)20-12-6-7-14(21(23)24)13(9-12)16(17,18)19/h2-7,9H,8H2,1H3,(H,20,22). The Morgan fingerprint density at radius 3 is 2.46 bits per heavy atom. The van der Waals surface area contributed by atoms with Gasteiger partial charge < -0.3 is 5.32 Å². The first-order valence-corrected chi connectivity index (χ1v) is 6.88. The number of nitro benzene ring substituents is 1. The third-order valence-electron chi connectivity index (χ3n) is 3.39. The van der Waals surface area contributed by atoms with E-state index < -0.39 is 28.3 Å². The van der Waals surface area contributed by atoms with Crippen LogP contribution in [0.15, 0.2) is 42.5 Å². The van der Waals surface area contributed by atoms with E-state index >= 15 is 0 Å². The third-order valence-corrected chi connectivity index (χ3v) is 3.39. The number of nitrogens with one attached hydrogen (secondary N) is 1. The Balaban J connectivity index is 2.22. The van der Waals surface area contributed by atoms with Crippen LogP contribution in [0.4, 0.5) is 24.5 Å². The molecule has 0 aliphatic carbocycles. The predicted octanol–water partition coefficient (Wildman–Crippen LogP) is 4.10. The Morgan fingerprint density at radius 2 is 1.88 bits per heavy atom. The van der Waals surface area contributed by atoms with Crippen LogP contribution < -0.4 is 5.32 Å². The fourth-order valence-corrected chi connectivity index (χ4v) is 2.19. The van der Waals surface area contributed by atoms with Crippen molar-refractivity contribution < 1.29 is 22.9 Å². The zero-order chi connectivity index (χ0) is 17.9. The summed E-state index contributed by atoms with van der Waals surface area (Å²) >= 11 is 0. The van der Waals surface area contributed by atoms with E-state index in [-0.39, 0.29) is 12.1 Å². The molecule has 1 amide bonds. The van der Waals surface area contributed by atoms with Gasteiger partial charge in [-0.15, -0.1) is 0 Å². The number of aryl methyl sites for hydroxylation is 1. The molecule has 0 heterocycles. The fraction of sp³-hybridized carbons (Fsp3) is 0.188. The van der Waals surface area contributed by atoms with E-state index in [2.05, 4.69) is 5.32 Å². The van der Waals surface area contributed by atoms with Gasteiger partial charge in [0.15, 0.2) is 0 Å². The minimum absolute atomic E-state index is 0.00892. The van der Waals surface area contributed by atoms with Gasteiger partial charge in [-0.3, -0.25) is 14.9 Å². The number of benzene rings is 2. The molecule has 0 unspecified atom stereocenters. The van der Waals surface area contributed by atoms with Crippen molar-refractivity contribution in [3.05, 3.63) is 69.3 Å². The van der Waals surface area contributed by atoms with Crippen molar-refractivity contribution in [2.24, 2.45) is 0 Å². The number of nitrogens with zero attached hydrogens (tertiary/aromatic N) is 1. The monoisotopic (exact) mass is 338 g/mol. The number of carbonyl (C=O) groups excluding carboxylic acids is 1. The normalized spacial score (nSPS) is 11.2. The lowest BCUT2D eigenvalue weighted by molar-refractivity contribution is -0.388. The molecule has 8 heteroatoms. The molecule has 0 saturated heterocycles. The van der Waals surface area contributed by atoms with Crippen LogP contribution in [0.2, 0.25) is 0 Å². The molecule has 5 nitrogen and oxygen atoms in total. The van der Waals surface area contributed by atoms with Crippen LogP contribution >= 0.6 is 0 Å². The van der Waals surface area contributed by atoms with E-state index in [0.29, 0.717) is 6.07 Å². The summed E-state index contributed by atoms with van der Waals surface area (Å²) in [5, 5.41) is 13.0. The highest BCUT2D eigenvalue weighted by molar-refractivity contribution is 5.92. The number of halogens is 3. The number of nitro groups is 1. The average molecular weight is 338 g/mol. The van der Waals surface area contributed by atoms with Gasteiger partial charge in [0.2, 0.25) is 5.91 Å². The highest BCUT2D eigenvalue weighted by Crippen LogP contribution is 2.37. The zero-order valence-electron chi connectivity index (χ0n) is 12.6. The summed E-state index contributed by atoms with van der Waals surface area (Å²) in [4.78, 5) is 21.6. The molecule has 0 saturated carbocycles. The largest absolute Gasteiger partial charge is 0.423 e. The summed E-state index contributed by atoms with van der Waals surface area (Å²) in [7, 11) is 0. The molecular weight excluding hydrogens is 325 g/mol. The van der Waals surface area contributed by atoms with E-state index in [1.807, 2.05) is 19.1 Å². The van der Waals surface area contributed by atoms with Gasteiger partial charge in [0.1, 0.15) is 5.56 Å². The quantitative estimate of drug-likeness (QED) is 0.674. The van der Waals surface area contributed by atoms with Gasteiger partial charge in [-0.25, -0.2) is 0 Å². The number of rotatable bonds is 4. The van der Waals surface area contributed by atoms with Crippen LogP contribution in [0, 0.1) is 17.0 Å². The van der Waals surface area contributed by atoms with Gasteiger partial charge >= 0.3 is 6.18 Å². The van der Waals surface area contributed by atoms with Crippen molar-refractivity contribution >= 4 is 17.3 Å². The van der Waals surface area contributed by atoms with Crippen LogP contribution in [0.3, 0.4) is 0 Å². The number of anilines is 1. The predicted molar refractivity (Wildman–Crippen MR) is 81.6 cm³/mol. The summed E-state index contributed by atoms with van der Waals surface area (Å²) in [5.74, 6) is -0.508. The lowest BCUT2D eigenvalue weighted by Crippen LogP contribution is -2.16. The highest BCUT2D eigenvalue weighted by Gasteiger charge is 2.38. The summed E-state index contributed by atoms with van der Waals surface area (Å²) in [6.07, 6.45) is -4.90. The molecule has 0 fully saturated rings. The van der Waals surface area contributed by atoms with E-state index in [0.717, 1.165) is 23.3 Å². The summed E-state index contributed by atoms with van der Waals surface area (Å²) < 4.78 is 38.7. The van der Waals surface area contributed by atoms with E-state index in [1.54, 1.807) is 12.1 Å². The number of amides is 1. The number of hydrogen-bond donors (Lipinski definition) is 1.